The maximum Gasteiger partial charge on any atom is 0.316 e. The average Bonchev–Trinajstić information content (AvgIpc) is 3.06. The summed E-state index contributed by atoms with van der Waals surface area (Å²) in [4.78, 5) is 29.0. The van der Waals surface area contributed by atoms with Gasteiger partial charge in [-0.1, -0.05) is 37.7 Å². The van der Waals surface area contributed by atoms with E-state index in [2.05, 4.69) is 34.0 Å². The van der Waals surface area contributed by atoms with Crippen molar-refractivity contribution in [3.05, 3.63) is 46.9 Å². The molecule has 0 bridgehead atoms. The molecule has 0 saturated heterocycles. The number of benzene rings is 1. The molecule has 0 spiro atoms. The number of ketones is 1. The van der Waals surface area contributed by atoms with Crippen molar-refractivity contribution in [3.8, 4) is 0 Å². The van der Waals surface area contributed by atoms with E-state index in [0.29, 0.717) is 29.5 Å². The number of nitrogens with zero attached hydrogens (tertiary/aromatic N) is 3. The molecule has 4 rings (SSSR count). The van der Waals surface area contributed by atoms with Gasteiger partial charge in [0.1, 0.15) is 11.9 Å². The third kappa shape index (κ3) is 3.78. The number of hydrogen-bond donors (Lipinski definition) is 1. The number of carbonyl (C=O) groups is 2. The number of halogens is 1. The number of anilines is 1. The van der Waals surface area contributed by atoms with Gasteiger partial charge >= 0.3 is 5.97 Å². The minimum Gasteiger partial charge on any atom is -0.468 e. The van der Waals surface area contributed by atoms with Crippen LogP contribution in [0.3, 0.4) is 0 Å². The molecule has 9 heteroatoms. The highest BCUT2D eigenvalue weighted by Crippen LogP contribution is 2.45. The summed E-state index contributed by atoms with van der Waals surface area (Å²) in [5, 5.41) is 8.18. The van der Waals surface area contributed by atoms with Crippen molar-refractivity contribution in [1.82, 2.24) is 14.8 Å². The lowest BCUT2D eigenvalue weighted by molar-refractivity contribution is -0.137. The van der Waals surface area contributed by atoms with Gasteiger partial charge < -0.3 is 10.1 Å². The van der Waals surface area contributed by atoms with Crippen molar-refractivity contribution in [2.24, 2.45) is 5.41 Å². The number of carbonyl (C=O) groups excluding carboxylic acids is 2. The van der Waals surface area contributed by atoms with Crippen molar-refractivity contribution in [2.75, 3.05) is 18.2 Å². The number of methoxy groups -OCH3 is 1. The Bertz CT molecular complexity index is 1010. The van der Waals surface area contributed by atoms with E-state index in [1.807, 2.05) is 0 Å². The number of nitrogens with one attached hydrogen (secondary N) is 1. The van der Waals surface area contributed by atoms with Gasteiger partial charge in [-0.05, 0) is 29.5 Å². The number of allylic oxidation sites excluding steroid dienone is 2. The van der Waals surface area contributed by atoms with Crippen LogP contribution < -0.4 is 5.32 Å². The van der Waals surface area contributed by atoms with E-state index in [1.165, 1.54) is 19.2 Å². The molecule has 1 atom stereocenters. The molecule has 1 N–H and O–H groups in total. The Morgan fingerprint density at radius 1 is 1.34 bits per heavy atom. The first-order valence-electron chi connectivity index (χ1n) is 9.22. The smallest absolute Gasteiger partial charge is 0.316 e. The molecule has 152 valence electrons. The van der Waals surface area contributed by atoms with Crippen LogP contribution in [0.25, 0.3) is 0 Å². The zero-order valence-electron chi connectivity index (χ0n) is 16.4. The van der Waals surface area contributed by atoms with Crippen LogP contribution in [-0.4, -0.2) is 39.4 Å². The maximum absolute atomic E-state index is 13.5. The van der Waals surface area contributed by atoms with Crippen LogP contribution in [0.1, 0.15) is 38.3 Å². The summed E-state index contributed by atoms with van der Waals surface area (Å²) in [7, 11) is 1.33. The van der Waals surface area contributed by atoms with Gasteiger partial charge in [-0.15, -0.1) is 5.10 Å². The van der Waals surface area contributed by atoms with Crippen LogP contribution in [0, 0.1) is 11.2 Å². The van der Waals surface area contributed by atoms with Gasteiger partial charge in [0, 0.05) is 17.7 Å². The predicted molar refractivity (Wildman–Crippen MR) is 106 cm³/mol. The molecular weight excluding hydrogens is 395 g/mol. The van der Waals surface area contributed by atoms with Gasteiger partial charge in [-0.25, -0.2) is 9.07 Å². The lowest BCUT2D eigenvalue weighted by atomic mass is 9.73. The van der Waals surface area contributed by atoms with E-state index in [-0.39, 0.29) is 28.7 Å². The van der Waals surface area contributed by atoms with Crippen molar-refractivity contribution in [3.63, 3.8) is 0 Å². The fraction of sp³-hybridized carbons (Fsp3) is 0.400. The van der Waals surface area contributed by atoms with Gasteiger partial charge in [-0.2, -0.15) is 4.98 Å². The van der Waals surface area contributed by atoms with Gasteiger partial charge in [-0.3, -0.25) is 9.59 Å². The van der Waals surface area contributed by atoms with Crippen molar-refractivity contribution >= 4 is 29.5 Å². The van der Waals surface area contributed by atoms with Crippen LogP contribution in [-0.2, 0) is 14.3 Å². The lowest BCUT2D eigenvalue weighted by Gasteiger charge is -2.38. The van der Waals surface area contributed by atoms with Gasteiger partial charge in [0.15, 0.2) is 5.78 Å². The second-order valence-corrected chi connectivity index (χ2v) is 8.88. The molecule has 2 aliphatic rings. The number of thioether (sulfide) groups is 1. The average molecular weight is 416 g/mol. The number of rotatable bonds is 4. The van der Waals surface area contributed by atoms with Crippen molar-refractivity contribution < 1.29 is 18.7 Å². The standard InChI is InChI=1S/C20H21FN4O3S/c1-20(2)8-13-16(14(26)9-20)17(11-4-6-12(21)7-5-11)25-18(22-13)23-19(24-25)29-10-15(27)28-3/h4-7,17H,8-10H2,1-3H3,(H,22,23,24). The highest BCUT2D eigenvalue weighted by atomic mass is 32.2. The van der Waals surface area contributed by atoms with Crippen LogP contribution in [0.4, 0.5) is 10.3 Å². The second kappa shape index (κ2) is 7.29. The van der Waals surface area contributed by atoms with E-state index in [0.717, 1.165) is 23.0 Å². The molecule has 29 heavy (non-hydrogen) atoms. The Morgan fingerprint density at radius 2 is 2.07 bits per heavy atom. The number of esters is 1. The van der Waals surface area contributed by atoms with Crippen LogP contribution in [0.5, 0.6) is 0 Å². The molecule has 7 nitrogen and oxygen atoms in total. The fourth-order valence-electron chi connectivity index (χ4n) is 3.79. The number of Topliss-reactive ketones (excluding diaryl/α,β-unsaturated/α-hetero) is 1. The number of hydrogen-bond acceptors (Lipinski definition) is 7. The van der Waals surface area contributed by atoms with Gasteiger partial charge in [0.05, 0.1) is 12.9 Å². The molecule has 1 aromatic heterocycles. The van der Waals surface area contributed by atoms with E-state index in [1.54, 1.807) is 16.8 Å². The molecule has 1 aliphatic carbocycles. The Labute approximate surface area is 171 Å². The molecule has 2 heterocycles. The van der Waals surface area contributed by atoms with Crippen LogP contribution in [0.15, 0.2) is 40.7 Å². The second-order valence-electron chi connectivity index (χ2n) is 7.94. The largest absolute Gasteiger partial charge is 0.468 e. The molecular formula is C20H21FN4O3S. The van der Waals surface area contributed by atoms with E-state index < -0.39 is 6.04 Å². The SMILES string of the molecule is COC(=O)CSc1nc2n(n1)C(c1ccc(F)cc1)C1=C(CC(C)(C)CC1=O)N2. The van der Waals surface area contributed by atoms with E-state index in [4.69, 9.17) is 0 Å². The number of fused-ring (bicyclic) bond motifs is 1. The quantitative estimate of drug-likeness (QED) is 0.604. The normalized spacial score (nSPS) is 20.0. The first-order valence-corrected chi connectivity index (χ1v) is 10.2. The topological polar surface area (TPSA) is 86.1 Å². The summed E-state index contributed by atoms with van der Waals surface area (Å²) in [5.74, 6) is -0.0967. The van der Waals surface area contributed by atoms with Gasteiger partial charge in [0.2, 0.25) is 11.1 Å². The Morgan fingerprint density at radius 3 is 2.76 bits per heavy atom. The van der Waals surface area contributed by atoms with Crippen LogP contribution >= 0.6 is 11.8 Å². The fourth-order valence-corrected chi connectivity index (χ4v) is 4.45. The molecule has 0 fully saturated rings. The van der Waals surface area contributed by atoms with E-state index >= 15 is 0 Å². The zero-order chi connectivity index (χ0) is 20.8. The molecule has 0 radical (unpaired) electrons. The molecule has 1 aromatic carbocycles. The monoisotopic (exact) mass is 416 g/mol. The predicted octanol–water partition coefficient (Wildman–Crippen LogP) is 3.34. The summed E-state index contributed by atoms with van der Waals surface area (Å²) < 4.78 is 19.8. The van der Waals surface area contributed by atoms with Crippen LogP contribution in [0.2, 0.25) is 0 Å². The Kier molecular flexibility index (Phi) is 4.94. The molecule has 1 unspecified atom stereocenters. The molecule has 2 aromatic rings. The zero-order valence-corrected chi connectivity index (χ0v) is 17.2. The first kappa shape index (κ1) is 19.6. The minimum atomic E-state index is -0.495. The summed E-state index contributed by atoms with van der Waals surface area (Å²) in [6, 6.07) is 5.58. The first-order chi connectivity index (χ1) is 13.8. The third-order valence-electron chi connectivity index (χ3n) is 5.05. The Balaban J connectivity index is 1.78. The van der Waals surface area contributed by atoms with Crippen molar-refractivity contribution in [1.29, 1.82) is 0 Å². The highest BCUT2D eigenvalue weighted by Gasteiger charge is 2.41. The summed E-state index contributed by atoms with van der Waals surface area (Å²) in [6.45, 7) is 4.11. The van der Waals surface area contributed by atoms with E-state index in [9.17, 15) is 14.0 Å². The number of aromatic nitrogens is 3. The minimum absolute atomic E-state index is 0.0444. The van der Waals surface area contributed by atoms with Gasteiger partial charge in [0.25, 0.3) is 0 Å². The number of ether oxygens (including phenoxy) is 1. The molecule has 0 saturated carbocycles. The third-order valence-corrected chi connectivity index (χ3v) is 5.86. The Hall–Kier alpha value is -2.68. The maximum atomic E-state index is 13.5. The summed E-state index contributed by atoms with van der Waals surface area (Å²) in [6.07, 6.45) is 1.13. The molecule has 0 amide bonds. The molecule has 1 aliphatic heterocycles. The summed E-state index contributed by atoms with van der Waals surface area (Å²) >= 11 is 1.16. The summed E-state index contributed by atoms with van der Waals surface area (Å²) in [5.41, 5.74) is 2.05. The lowest BCUT2D eigenvalue weighted by Crippen LogP contribution is -2.36. The highest BCUT2D eigenvalue weighted by molar-refractivity contribution is 7.99. The van der Waals surface area contributed by atoms with Crippen molar-refractivity contribution in [2.45, 2.75) is 37.9 Å².